The van der Waals surface area contributed by atoms with Crippen LogP contribution in [0.25, 0.3) is 11.3 Å². The van der Waals surface area contributed by atoms with Crippen molar-refractivity contribution in [1.29, 1.82) is 0 Å². The summed E-state index contributed by atoms with van der Waals surface area (Å²) in [6.45, 7) is 4.36. The minimum Gasteiger partial charge on any atom is -0.508 e. The van der Waals surface area contributed by atoms with Crippen LogP contribution < -0.4 is 0 Å². The average molecular weight is 632 g/mol. The van der Waals surface area contributed by atoms with Gasteiger partial charge in [0, 0.05) is 24.9 Å². The van der Waals surface area contributed by atoms with Gasteiger partial charge in [-0.25, -0.2) is 10.0 Å². The minimum absolute atomic E-state index is 0.0603. The number of carbonyl (C=O) groups excluding carboxylic acids is 3. The zero-order valence-corrected chi connectivity index (χ0v) is 26.0. The third kappa shape index (κ3) is 7.02. The quantitative estimate of drug-likeness (QED) is 0.253. The molecule has 3 aromatic carbocycles. The van der Waals surface area contributed by atoms with Gasteiger partial charge in [-0.2, -0.15) is 0 Å². The first kappa shape index (κ1) is 31.5. The maximum atomic E-state index is 14.3. The van der Waals surface area contributed by atoms with Crippen LogP contribution in [0.2, 0.25) is 0 Å². The van der Waals surface area contributed by atoms with Crippen LogP contribution in [0.4, 0.5) is 0 Å². The van der Waals surface area contributed by atoms with Gasteiger partial charge in [-0.05, 0) is 66.1 Å². The third-order valence-corrected chi connectivity index (χ3v) is 8.58. The van der Waals surface area contributed by atoms with E-state index in [1.165, 1.54) is 0 Å². The predicted molar refractivity (Wildman–Crippen MR) is 176 cm³/mol. The molecule has 3 amide bonds. The van der Waals surface area contributed by atoms with Crippen LogP contribution in [0, 0.1) is 0 Å². The first-order valence-electron chi connectivity index (χ1n) is 15.7. The van der Waals surface area contributed by atoms with Gasteiger partial charge in [0.15, 0.2) is 0 Å². The Bertz CT molecular complexity index is 1750. The molecule has 0 saturated carbocycles. The van der Waals surface area contributed by atoms with Crippen molar-refractivity contribution in [1.82, 2.24) is 24.8 Å². The van der Waals surface area contributed by atoms with E-state index < -0.39 is 12.2 Å². The van der Waals surface area contributed by atoms with E-state index in [0.717, 1.165) is 16.7 Å². The number of benzene rings is 3. The molecule has 0 spiro atoms. The highest BCUT2D eigenvalue weighted by Gasteiger charge is 2.51. The predicted octanol–water partition coefficient (Wildman–Crippen LogP) is 4.15. The molecule has 2 N–H and O–H groups in total. The van der Waals surface area contributed by atoms with Crippen LogP contribution in [-0.2, 0) is 33.8 Å². The van der Waals surface area contributed by atoms with E-state index in [9.17, 15) is 24.6 Å². The van der Waals surface area contributed by atoms with E-state index in [0.29, 0.717) is 24.4 Å². The fraction of sp³-hybridized carbons (Fsp3) is 0.243. The fourth-order valence-electron chi connectivity index (χ4n) is 6.33. The highest BCUT2D eigenvalue weighted by molar-refractivity contribution is 5.92. The van der Waals surface area contributed by atoms with E-state index in [1.54, 1.807) is 74.4 Å². The lowest BCUT2D eigenvalue weighted by Gasteiger charge is -2.55. The summed E-state index contributed by atoms with van der Waals surface area (Å²) in [5.74, 6) is -0.375. The fourth-order valence-corrected chi connectivity index (χ4v) is 6.33. The molecule has 0 radical (unpaired) electrons. The van der Waals surface area contributed by atoms with Crippen molar-refractivity contribution >= 4 is 17.7 Å². The number of aromatic hydroxyl groups is 2. The first-order valence-corrected chi connectivity index (χ1v) is 15.7. The summed E-state index contributed by atoms with van der Waals surface area (Å²) < 4.78 is 0. The van der Waals surface area contributed by atoms with Gasteiger partial charge in [-0.15, -0.1) is 6.58 Å². The van der Waals surface area contributed by atoms with Crippen LogP contribution in [0.3, 0.4) is 0 Å². The standard InChI is InChI=1S/C37H37N5O5/c1-2-21-40-25-36(46)41-33(22-27-11-16-30(43)17-12-27)37(47)39(23-29-9-6-10-32(38-29)28-14-18-31(44)19-15-28)24-34(41)42(40)35(45)20-13-26-7-4-3-5-8-26/h2-12,14-19,33-34,43-44H,1,13,20-25H2/t33-,34?/m0/s1. The smallest absolute Gasteiger partial charge is 0.246 e. The summed E-state index contributed by atoms with van der Waals surface area (Å²) in [5.41, 5.74) is 3.97. The van der Waals surface area contributed by atoms with Crippen LogP contribution in [0.15, 0.2) is 110 Å². The van der Waals surface area contributed by atoms with E-state index >= 15 is 0 Å². The van der Waals surface area contributed by atoms with Crippen LogP contribution in [-0.4, -0.2) is 84.6 Å². The number of amides is 3. The molecule has 6 rings (SSSR count). The summed E-state index contributed by atoms with van der Waals surface area (Å²) in [5, 5.41) is 23.0. The first-order chi connectivity index (χ1) is 22.8. The van der Waals surface area contributed by atoms with Crippen molar-refractivity contribution in [2.24, 2.45) is 0 Å². The number of hydrazine groups is 1. The van der Waals surface area contributed by atoms with Gasteiger partial charge >= 0.3 is 0 Å². The Balaban J connectivity index is 1.34. The molecule has 10 nitrogen and oxygen atoms in total. The van der Waals surface area contributed by atoms with Gasteiger partial charge in [-0.3, -0.25) is 19.4 Å². The monoisotopic (exact) mass is 631 g/mol. The number of aromatic nitrogens is 1. The van der Waals surface area contributed by atoms with Crippen molar-refractivity contribution in [2.75, 3.05) is 19.6 Å². The minimum atomic E-state index is -0.874. The van der Waals surface area contributed by atoms with E-state index in [4.69, 9.17) is 4.98 Å². The Hall–Kier alpha value is -5.48. The number of hydrogen-bond donors (Lipinski definition) is 2. The Morgan fingerprint density at radius 1 is 0.872 bits per heavy atom. The number of nitrogens with zero attached hydrogens (tertiary/aromatic N) is 5. The Kier molecular flexibility index (Phi) is 9.30. The van der Waals surface area contributed by atoms with Crippen molar-refractivity contribution in [3.05, 3.63) is 127 Å². The summed E-state index contributed by atoms with van der Waals surface area (Å²) in [6, 6.07) is 27.8. The molecule has 2 atom stereocenters. The third-order valence-electron chi connectivity index (χ3n) is 8.58. The number of fused-ring (bicyclic) bond motifs is 1. The van der Waals surface area contributed by atoms with Crippen molar-refractivity contribution in [2.45, 2.75) is 38.0 Å². The Morgan fingerprint density at radius 3 is 2.28 bits per heavy atom. The van der Waals surface area contributed by atoms with E-state index in [1.807, 2.05) is 48.5 Å². The Morgan fingerprint density at radius 2 is 1.57 bits per heavy atom. The lowest BCUT2D eigenvalue weighted by atomic mass is 9.98. The van der Waals surface area contributed by atoms with Gasteiger partial charge in [0.1, 0.15) is 23.7 Å². The Labute approximate surface area is 273 Å². The van der Waals surface area contributed by atoms with Crippen molar-refractivity contribution < 1.29 is 24.6 Å². The maximum absolute atomic E-state index is 14.3. The number of phenols is 2. The molecule has 2 saturated heterocycles. The lowest BCUT2D eigenvalue weighted by Crippen LogP contribution is -2.75. The molecule has 1 unspecified atom stereocenters. The zero-order valence-electron chi connectivity index (χ0n) is 26.0. The summed E-state index contributed by atoms with van der Waals surface area (Å²) in [4.78, 5) is 50.2. The largest absolute Gasteiger partial charge is 0.508 e. The molecule has 1 aromatic heterocycles. The number of phenolic OH excluding ortho intramolecular Hbond substituents is 2. The van der Waals surface area contributed by atoms with E-state index in [2.05, 4.69) is 6.58 Å². The second kappa shape index (κ2) is 13.9. The molecule has 2 fully saturated rings. The molecule has 47 heavy (non-hydrogen) atoms. The van der Waals surface area contributed by atoms with Gasteiger partial charge in [0.2, 0.25) is 17.7 Å². The van der Waals surface area contributed by atoms with Gasteiger partial charge in [0.05, 0.1) is 31.0 Å². The second-order valence-corrected chi connectivity index (χ2v) is 11.8. The van der Waals surface area contributed by atoms with Crippen LogP contribution >= 0.6 is 0 Å². The molecular formula is C37H37N5O5. The molecule has 240 valence electrons. The molecule has 4 aromatic rings. The normalized spacial score (nSPS) is 18.3. The number of hydrogen-bond acceptors (Lipinski definition) is 7. The number of rotatable bonds is 10. The van der Waals surface area contributed by atoms with Crippen LogP contribution in [0.5, 0.6) is 11.5 Å². The van der Waals surface area contributed by atoms with Gasteiger partial charge in [0.25, 0.3) is 0 Å². The zero-order chi connectivity index (χ0) is 32.9. The summed E-state index contributed by atoms with van der Waals surface area (Å²) >= 11 is 0. The SMILES string of the molecule is C=CCN1CC(=O)N2C(CN(Cc3cccc(-c4ccc(O)cc4)n3)C(=O)[C@@H]2Cc2ccc(O)cc2)N1C(=O)CCc1ccccc1. The van der Waals surface area contributed by atoms with E-state index in [-0.39, 0.29) is 61.7 Å². The molecule has 0 bridgehead atoms. The highest BCUT2D eigenvalue weighted by Crippen LogP contribution is 2.30. The van der Waals surface area contributed by atoms with Crippen LogP contribution in [0.1, 0.15) is 23.2 Å². The maximum Gasteiger partial charge on any atom is 0.246 e. The topological polar surface area (TPSA) is 118 Å². The summed E-state index contributed by atoms with van der Waals surface area (Å²) in [7, 11) is 0. The van der Waals surface area contributed by atoms with Gasteiger partial charge < -0.3 is 20.0 Å². The van der Waals surface area contributed by atoms with Crippen molar-refractivity contribution in [3.8, 4) is 22.8 Å². The number of carbonyl (C=O) groups is 3. The summed E-state index contributed by atoms with van der Waals surface area (Å²) in [6.07, 6.45) is 1.90. The number of aryl methyl sites for hydroxylation is 1. The second-order valence-electron chi connectivity index (χ2n) is 11.8. The van der Waals surface area contributed by atoms with Crippen molar-refractivity contribution in [3.63, 3.8) is 0 Å². The lowest BCUT2D eigenvalue weighted by molar-refractivity contribution is -0.205. The molecule has 2 aliphatic heterocycles. The molecule has 2 aliphatic rings. The molecule has 3 heterocycles. The van der Waals surface area contributed by atoms with Gasteiger partial charge in [-0.1, -0.05) is 54.6 Å². The average Bonchev–Trinajstić information content (AvgIpc) is 3.07. The molecule has 10 heteroatoms. The number of pyridine rings is 1. The number of piperazine rings is 1. The molecular weight excluding hydrogens is 594 g/mol. The highest BCUT2D eigenvalue weighted by atomic mass is 16.3. The molecule has 0 aliphatic carbocycles.